The van der Waals surface area contributed by atoms with Gasteiger partial charge in [-0.1, -0.05) is 42.5 Å². The lowest BCUT2D eigenvalue weighted by atomic mass is 9.99. The van der Waals surface area contributed by atoms with Crippen LogP contribution in [0.3, 0.4) is 0 Å². The average molecular weight is 382 g/mol. The Morgan fingerprint density at radius 1 is 1.15 bits per heavy atom. The summed E-state index contributed by atoms with van der Waals surface area (Å²) in [6, 6.07) is 19.0. The van der Waals surface area contributed by atoms with E-state index in [1.54, 1.807) is 0 Å². The average Bonchev–Trinajstić information content (AvgIpc) is 3.13. The third-order valence-corrected chi connectivity index (χ3v) is 6.50. The van der Waals surface area contributed by atoms with Gasteiger partial charge in [0, 0.05) is 25.6 Å². The normalized spacial score (nSPS) is 17.4. The molecule has 0 unspecified atom stereocenters. The number of piperidine rings is 1. The number of para-hydroxylation sites is 1. The van der Waals surface area contributed by atoms with Crippen molar-refractivity contribution in [3.63, 3.8) is 0 Å². The van der Waals surface area contributed by atoms with Crippen molar-refractivity contribution >= 4 is 38.9 Å². The Morgan fingerprint density at radius 2 is 1.96 bits per heavy atom. The van der Waals surface area contributed by atoms with Crippen molar-refractivity contribution in [2.75, 3.05) is 19.6 Å². The molecule has 0 radical (unpaired) electrons. The third kappa shape index (κ3) is 4.05. The molecule has 0 bridgehead atoms. The van der Waals surface area contributed by atoms with E-state index in [-0.39, 0.29) is 0 Å². The Hall–Kier alpha value is -1.98. The number of aromatic nitrogens is 1. The van der Waals surface area contributed by atoms with E-state index in [9.17, 15) is 0 Å². The highest BCUT2D eigenvalue weighted by Gasteiger charge is 2.25. The molecule has 0 saturated carbocycles. The van der Waals surface area contributed by atoms with Crippen LogP contribution in [0.25, 0.3) is 10.2 Å². The molecule has 0 spiro atoms. The molecule has 3 aromatic rings. The second-order valence-corrected chi connectivity index (χ2v) is 8.22. The molecule has 26 heavy (non-hydrogen) atoms. The summed E-state index contributed by atoms with van der Waals surface area (Å²) in [7, 11) is 0. The summed E-state index contributed by atoms with van der Waals surface area (Å²) in [5, 5.41) is 5.57. The highest BCUT2D eigenvalue weighted by Crippen LogP contribution is 2.32. The van der Waals surface area contributed by atoms with Gasteiger partial charge >= 0.3 is 0 Å². The molecule has 2 heterocycles. The Kier molecular flexibility index (Phi) is 5.46. The van der Waals surface area contributed by atoms with Crippen LogP contribution >= 0.6 is 23.6 Å². The molecule has 0 amide bonds. The first-order valence-corrected chi connectivity index (χ1v) is 10.4. The van der Waals surface area contributed by atoms with Crippen LogP contribution in [0.4, 0.5) is 0 Å². The number of hydrogen-bond acceptors (Lipinski definition) is 3. The van der Waals surface area contributed by atoms with Gasteiger partial charge in [-0.3, -0.25) is 0 Å². The molecule has 1 fully saturated rings. The highest BCUT2D eigenvalue weighted by molar-refractivity contribution is 7.80. The summed E-state index contributed by atoms with van der Waals surface area (Å²) in [4.78, 5) is 7.18. The molecule has 2 aromatic carbocycles. The molecule has 5 heteroatoms. The van der Waals surface area contributed by atoms with Crippen LogP contribution in [0.2, 0.25) is 0 Å². The van der Waals surface area contributed by atoms with Gasteiger partial charge in [0.2, 0.25) is 0 Å². The maximum absolute atomic E-state index is 5.65. The van der Waals surface area contributed by atoms with Crippen LogP contribution in [0.15, 0.2) is 54.6 Å². The number of benzene rings is 2. The minimum Gasteiger partial charge on any atom is -0.362 e. The van der Waals surface area contributed by atoms with Crippen LogP contribution < -0.4 is 5.32 Å². The number of nitrogens with zero attached hydrogens (tertiary/aromatic N) is 2. The molecular weight excluding hydrogens is 358 g/mol. The first kappa shape index (κ1) is 17.4. The number of nitrogens with one attached hydrogen (secondary N) is 1. The second-order valence-electron chi connectivity index (χ2n) is 6.77. The number of rotatable bonds is 4. The zero-order valence-corrected chi connectivity index (χ0v) is 16.4. The fraction of sp³-hybridized carbons (Fsp3) is 0.333. The maximum atomic E-state index is 5.65. The van der Waals surface area contributed by atoms with Crippen LogP contribution in [0, 0.1) is 0 Å². The Morgan fingerprint density at radius 3 is 2.81 bits per heavy atom. The summed E-state index contributed by atoms with van der Waals surface area (Å²) in [6.45, 7) is 2.89. The van der Waals surface area contributed by atoms with Crippen molar-refractivity contribution in [3.8, 4) is 0 Å². The first-order valence-electron chi connectivity index (χ1n) is 9.22. The van der Waals surface area contributed by atoms with Crippen molar-refractivity contribution in [2.45, 2.75) is 25.2 Å². The van der Waals surface area contributed by atoms with Gasteiger partial charge in [0.1, 0.15) is 0 Å². The lowest BCUT2D eigenvalue weighted by molar-refractivity contribution is 0.305. The van der Waals surface area contributed by atoms with Crippen LogP contribution in [-0.4, -0.2) is 34.6 Å². The topological polar surface area (TPSA) is 28.2 Å². The molecule has 134 valence electrons. The van der Waals surface area contributed by atoms with E-state index in [1.807, 2.05) is 11.3 Å². The van der Waals surface area contributed by atoms with Crippen molar-refractivity contribution in [2.24, 2.45) is 0 Å². The number of hydrogen-bond donors (Lipinski definition) is 1. The zero-order valence-electron chi connectivity index (χ0n) is 14.7. The molecule has 1 aromatic heterocycles. The van der Waals surface area contributed by atoms with E-state index in [2.05, 4.69) is 64.8 Å². The lowest BCUT2D eigenvalue weighted by Crippen LogP contribution is -2.45. The molecule has 3 nitrogen and oxygen atoms in total. The number of likely N-dealkylation sites (tertiary alicyclic amines) is 1. The summed E-state index contributed by atoms with van der Waals surface area (Å²) in [5.74, 6) is 0.482. The monoisotopic (exact) mass is 381 g/mol. The minimum atomic E-state index is 0.482. The Labute approximate surface area is 164 Å². The highest BCUT2D eigenvalue weighted by atomic mass is 32.1. The molecule has 1 aliphatic heterocycles. The first-order chi connectivity index (χ1) is 12.8. The molecular formula is C21H23N3S2. The standard InChI is InChI=1S/C21H23N3S2/c25-21(22-13-12-16-7-2-1-3-8-16)24-14-6-9-17(15-24)20-23-18-10-4-5-11-19(18)26-20/h1-5,7-8,10-11,17H,6,9,12-15H2,(H,22,25)/t17-/m0/s1. The SMILES string of the molecule is S=C(NCCc1ccccc1)N1CCC[C@H](c2nc3ccccc3s2)C1. The number of thiocarbonyl (C=S) groups is 1. The van der Waals surface area contributed by atoms with Crippen molar-refractivity contribution < 1.29 is 0 Å². The lowest BCUT2D eigenvalue weighted by Gasteiger charge is -2.33. The molecule has 1 N–H and O–H groups in total. The molecule has 1 aliphatic rings. The number of fused-ring (bicyclic) bond motifs is 1. The van der Waals surface area contributed by atoms with Gasteiger partial charge in [0.05, 0.1) is 15.2 Å². The van der Waals surface area contributed by atoms with E-state index in [0.717, 1.165) is 36.7 Å². The fourth-order valence-electron chi connectivity index (χ4n) is 3.50. The van der Waals surface area contributed by atoms with Crippen molar-refractivity contribution in [1.82, 2.24) is 15.2 Å². The van der Waals surface area contributed by atoms with Crippen LogP contribution in [0.1, 0.15) is 29.3 Å². The van der Waals surface area contributed by atoms with Crippen molar-refractivity contribution in [3.05, 3.63) is 65.2 Å². The largest absolute Gasteiger partial charge is 0.362 e. The van der Waals surface area contributed by atoms with Gasteiger partial charge in [0.15, 0.2) is 5.11 Å². The summed E-state index contributed by atoms with van der Waals surface area (Å²) >= 11 is 7.49. The van der Waals surface area contributed by atoms with E-state index >= 15 is 0 Å². The predicted octanol–water partition coefficient (Wildman–Crippen LogP) is 4.59. The summed E-state index contributed by atoms with van der Waals surface area (Å²) in [6.07, 6.45) is 3.36. The quantitative estimate of drug-likeness (QED) is 0.669. The van der Waals surface area contributed by atoms with Crippen LogP contribution in [-0.2, 0) is 6.42 Å². The van der Waals surface area contributed by atoms with Crippen molar-refractivity contribution in [1.29, 1.82) is 0 Å². The zero-order chi connectivity index (χ0) is 17.8. The van der Waals surface area contributed by atoms with Gasteiger partial charge in [-0.15, -0.1) is 11.3 Å². The second kappa shape index (κ2) is 8.14. The molecule has 1 atom stereocenters. The smallest absolute Gasteiger partial charge is 0.168 e. The van der Waals surface area contributed by atoms with E-state index < -0.39 is 0 Å². The molecule has 0 aliphatic carbocycles. The number of thiazole rings is 1. The van der Waals surface area contributed by atoms with E-state index in [1.165, 1.54) is 28.1 Å². The Bertz CT molecular complexity index is 842. The van der Waals surface area contributed by atoms with Crippen LogP contribution in [0.5, 0.6) is 0 Å². The molecule has 1 saturated heterocycles. The van der Waals surface area contributed by atoms with Gasteiger partial charge in [-0.05, 0) is 49.2 Å². The van der Waals surface area contributed by atoms with Gasteiger partial charge in [-0.25, -0.2) is 4.98 Å². The fourth-order valence-corrected chi connectivity index (χ4v) is 4.86. The Balaban J connectivity index is 1.34. The maximum Gasteiger partial charge on any atom is 0.168 e. The van der Waals surface area contributed by atoms with Gasteiger partial charge in [0.25, 0.3) is 0 Å². The minimum absolute atomic E-state index is 0.482. The molecule has 4 rings (SSSR count). The van der Waals surface area contributed by atoms with Gasteiger partial charge < -0.3 is 10.2 Å². The van der Waals surface area contributed by atoms with E-state index in [4.69, 9.17) is 17.2 Å². The summed E-state index contributed by atoms with van der Waals surface area (Å²) < 4.78 is 1.28. The van der Waals surface area contributed by atoms with Gasteiger partial charge in [-0.2, -0.15) is 0 Å². The third-order valence-electron chi connectivity index (χ3n) is 4.90. The predicted molar refractivity (Wildman–Crippen MR) is 114 cm³/mol. The van der Waals surface area contributed by atoms with E-state index in [0.29, 0.717) is 5.92 Å². The summed E-state index contributed by atoms with van der Waals surface area (Å²) in [5.41, 5.74) is 2.46.